The Bertz CT molecular complexity index is 406. The average molecular weight is 262 g/mol. The maximum atomic E-state index is 5.81. The lowest BCUT2D eigenvalue weighted by Gasteiger charge is -2.16. The molecule has 0 radical (unpaired) electrons. The molecule has 0 spiro atoms. The van der Waals surface area contributed by atoms with E-state index in [0.29, 0.717) is 6.04 Å². The quantitative estimate of drug-likeness (QED) is 0.797. The van der Waals surface area contributed by atoms with Gasteiger partial charge >= 0.3 is 0 Å². The third kappa shape index (κ3) is 4.22. The van der Waals surface area contributed by atoms with Gasteiger partial charge in [0.2, 0.25) is 0 Å². The van der Waals surface area contributed by atoms with Gasteiger partial charge in [0, 0.05) is 19.1 Å². The summed E-state index contributed by atoms with van der Waals surface area (Å²) in [5, 5.41) is 3.35. The molecule has 1 aromatic rings. The summed E-state index contributed by atoms with van der Waals surface area (Å²) in [7, 11) is 2.05. The van der Waals surface area contributed by atoms with E-state index in [-0.39, 0.29) is 0 Å². The lowest BCUT2D eigenvalue weighted by Crippen LogP contribution is -2.30. The summed E-state index contributed by atoms with van der Waals surface area (Å²) in [6.45, 7) is 8.61. The monoisotopic (exact) mass is 262 g/mol. The van der Waals surface area contributed by atoms with Crippen molar-refractivity contribution in [1.29, 1.82) is 0 Å². The van der Waals surface area contributed by atoms with Gasteiger partial charge in [0.1, 0.15) is 5.75 Å². The van der Waals surface area contributed by atoms with Gasteiger partial charge in [-0.3, -0.25) is 0 Å². The molecule has 19 heavy (non-hydrogen) atoms. The largest absolute Gasteiger partial charge is 0.494 e. The van der Waals surface area contributed by atoms with E-state index in [4.69, 9.17) is 4.74 Å². The fourth-order valence-electron chi connectivity index (χ4n) is 2.55. The number of likely N-dealkylation sites (tertiary alicyclic amines) is 1. The Morgan fingerprint density at radius 3 is 2.84 bits per heavy atom. The standard InChI is InChI=1S/C16H26N2O/c1-13-5-6-16(11-14(13)2)19-10-4-8-18-9-7-15(12-18)17-3/h5-6,11,15,17H,4,7-10,12H2,1-3H3. The van der Waals surface area contributed by atoms with Crippen LogP contribution in [0.2, 0.25) is 0 Å². The number of hydrogen-bond acceptors (Lipinski definition) is 3. The Hall–Kier alpha value is -1.06. The molecule has 1 unspecified atom stereocenters. The molecule has 0 saturated carbocycles. The highest BCUT2D eigenvalue weighted by atomic mass is 16.5. The number of likely N-dealkylation sites (N-methyl/N-ethyl adjacent to an activating group) is 1. The van der Waals surface area contributed by atoms with Crippen LogP contribution in [0.15, 0.2) is 18.2 Å². The van der Waals surface area contributed by atoms with Gasteiger partial charge in [0.25, 0.3) is 0 Å². The molecule has 1 atom stereocenters. The molecule has 0 aromatic heterocycles. The average Bonchev–Trinajstić information content (AvgIpc) is 2.87. The first kappa shape index (κ1) is 14.4. The maximum absolute atomic E-state index is 5.81. The number of aryl methyl sites for hydroxylation is 2. The molecule has 1 aliphatic heterocycles. The van der Waals surface area contributed by atoms with Gasteiger partial charge in [-0.1, -0.05) is 6.07 Å². The van der Waals surface area contributed by atoms with Crippen LogP contribution in [0.4, 0.5) is 0 Å². The van der Waals surface area contributed by atoms with Gasteiger partial charge in [-0.25, -0.2) is 0 Å². The van der Waals surface area contributed by atoms with Crippen molar-refractivity contribution in [2.24, 2.45) is 0 Å². The Kier molecular flexibility index (Phi) is 5.23. The van der Waals surface area contributed by atoms with Crippen LogP contribution >= 0.6 is 0 Å². The summed E-state index contributed by atoms with van der Waals surface area (Å²) in [6.07, 6.45) is 2.37. The van der Waals surface area contributed by atoms with Gasteiger partial charge in [-0.05, 0) is 63.5 Å². The highest BCUT2D eigenvalue weighted by molar-refractivity contribution is 5.33. The summed E-state index contributed by atoms with van der Waals surface area (Å²) >= 11 is 0. The first-order valence-electron chi connectivity index (χ1n) is 7.28. The number of benzene rings is 1. The zero-order chi connectivity index (χ0) is 13.7. The van der Waals surface area contributed by atoms with Gasteiger partial charge in [-0.2, -0.15) is 0 Å². The number of nitrogens with one attached hydrogen (secondary N) is 1. The van der Waals surface area contributed by atoms with Crippen LogP contribution in [0.3, 0.4) is 0 Å². The van der Waals surface area contributed by atoms with Gasteiger partial charge in [0.05, 0.1) is 6.61 Å². The summed E-state index contributed by atoms with van der Waals surface area (Å²) in [5.74, 6) is 0.998. The topological polar surface area (TPSA) is 24.5 Å². The molecule has 1 aliphatic rings. The molecule has 2 rings (SSSR count). The Morgan fingerprint density at radius 1 is 1.32 bits per heavy atom. The summed E-state index contributed by atoms with van der Waals surface area (Å²) in [4.78, 5) is 2.52. The molecule has 1 heterocycles. The minimum Gasteiger partial charge on any atom is -0.494 e. The predicted molar refractivity (Wildman–Crippen MR) is 79.9 cm³/mol. The number of nitrogens with zero attached hydrogens (tertiary/aromatic N) is 1. The van der Waals surface area contributed by atoms with Gasteiger partial charge in [0.15, 0.2) is 0 Å². The van der Waals surface area contributed by atoms with Crippen molar-refractivity contribution in [2.45, 2.75) is 32.7 Å². The van der Waals surface area contributed by atoms with Gasteiger partial charge in [-0.15, -0.1) is 0 Å². The van der Waals surface area contributed by atoms with Gasteiger partial charge < -0.3 is 15.0 Å². The van der Waals surface area contributed by atoms with Crippen molar-refractivity contribution in [3.05, 3.63) is 29.3 Å². The minimum atomic E-state index is 0.681. The van der Waals surface area contributed by atoms with E-state index in [0.717, 1.165) is 25.3 Å². The van der Waals surface area contributed by atoms with Crippen LogP contribution in [0, 0.1) is 13.8 Å². The van der Waals surface area contributed by atoms with E-state index in [1.807, 2.05) is 0 Å². The molecule has 3 nitrogen and oxygen atoms in total. The molecule has 0 aliphatic carbocycles. The van der Waals surface area contributed by atoms with Crippen molar-refractivity contribution in [1.82, 2.24) is 10.2 Å². The van der Waals surface area contributed by atoms with Crippen LogP contribution in [0.5, 0.6) is 5.75 Å². The second-order valence-corrected chi connectivity index (χ2v) is 5.52. The number of hydrogen-bond donors (Lipinski definition) is 1. The summed E-state index contributed by atoms with van der Waals surface area (Å²) < 4.78 is 5.81. The molecule has 1 N–H and O–H groups in total. The fraction of sp³-hybridized carbons (Fsp3) is 0.625. The van der Waals surface area contributed by atoms with E-state index in [9.17, 15) is 0 Å². The zero-order valence-corrected chi connectivity index (χ0v) is 12.4. The SMILES string of the molecule is CNC1CCN(CCCOc2ccc(C)c(C)c2)C1. The normalized spacial score (nSPS) is 19.8. The number of rotatable bonds is 6. The van der Waals surface area contributed by atoms with Crippen LogP contribution in [0.25, 0.3) is 0 Å². The van der Waals surface area contributed by atoms with Crippen molar-refractivity contribution in [3.8, 4) is 5.75 Å². The van der Waals surface area contributed by atoms with Crippen LogP contribution in [-0.2, 0) is 0 Å². The lowest BCUT2D eigenvalue weighted by molar-refractivity contribution is 0.260. The number of ether oxygens (including phenoxy) is 1. The van der Waals surface area contributed by atoms with Crippen molar-refractivity contribution in [2.75, 3.05) is 33.3 Å². The molecule has 1 aromatic carbocycles. The van der Waals surface area contributed by atoms with E-state index in [1.54, 1.807) is 0 Å². The van der Waals surface area contributed by atoms with E-state index >= 15 is 0 Å². The maximum Gasteiger partial charge on any atom is 0.119 e. The predicted octanol–water partition coefficient (Wildman–Crippen LogP) is 2.37. The summed E-state index contributed by atoms with van der Waals surface area (Å²) in [6, 6.07) is 7.00. The van der Waals surface area contributed by atoms with Crippen molar-refractivity contribution >= 4 is 0 Å². The van der Waals surface area contributed by atoms with Crippen LogP contribution < -0.4 is 10.1 Å². The molecule has 3 heteroatoms. The second kappa shape index (κ2) is 6.92. The fourth-order valence-corrected chi connectivity index (χ4v) is 2.55. The summed E-state index contributed by atoms with van der Waals surface area (Å²) in [5.41, 5.74) is 2.62. The lowest BCUT2D eigenvalue weighted by atomic mass is 10.1. The molecule has 0 amide bonds. The molecule has 0 bridgehead atoms. The highest BCUT2D eigenvalue weighted by Gasteiger charge is 2.19. The Balaban J connectivity index is 1.65. The third-order valence-corrected chi connectivity index (χ3v) is 4.05. The highest BCUT2D eigenvalue weighted by Crippen LogP contribution is 2.16. The van der Waals surface area contributed by atoms with E-state index in [2.05, 4.69) is 49.3 Å². The molecular weight excluding hydrogens is 236 g/mol. The minimum absolute atomic E-state index is 0.681. The Labute approximate surface area is 116 Å². The van der Waals surface area contributed by atoms with Crippen molar-refractivity contribution < 1.29 is 4.74 Å². The molecule has 1 saturated heterocycles. The van der Waals surface area contributed by atoms with Crippen molar-refractivity contribution in [3.63, 3.8) is 0 Å². The Morgan fingerprint density at radius 2 is 2.16 bits per heavy atom. The first-order chi connectivity index (χ1) is 9.19. The van der Waals surface area contributed by atoms with Crippen LogP contribution in [0.1, 0.15) is 24.0 Å². The first-order valence-corrected chi connectivity index (χ1v) is 7.28. The zero-order valence-electron chi connectivity index (χ0n) is 12.4. The third-order valence-electron chi connectivity index (χ3n) is 4.05. The molecule has 106 valence electrons. The van der Waals surface area contributed by atoms with E-state index in [1.165, 1.54) is 30.6 Å². The van der Waals surface area contributed by atoms with E-state index < -0.39 is 0 Å². The smallest absolute Gasteiger partial charge is 0.119 e. The molecular formula is C16H26N2O. The second-order valence-electron chi connectivity index (χ2n) is 5.52. The molecule has 1 fully saturated rings. The van der Waals surface area contributed by atoms with Crippen LogP contribution in [-0.4, -0.2) is 44.2 Å².